The number of sulfonamides is 1. The van der Waals surface area contributed by atoms with E-state index in [-0.39, 0.29) is 36.2 Å². The molecule has 172 valence electrons. The summed E-state index contributed by atoms with van der Waals surface area (Å²) in [5.41, 5.74) is 2.73. The molecule has 0 spiro atoms. The minimum absolute atomic E-state index is 0.0227. The number of ether oxygens (including phenoxy) is 1. The zero-order chi connectivity index (χ0) is 23.2. The van der Waals surface area contributed by atoms with Gasteiger partial charge in [-0.1, -0.05) is 12.1 Å². The van der Waals surface area contributed by atoms with Gasteiger partial charge in [-0.15, -0.1) is 0 Å². The summed E-state index contributed by atoms with van der Waals surface area (Å²) in [6, 6.07) is 9.37. The highest BCUT2D eigenvalue weighted by atomic mass is 32.2. The average Bonchev–Trinajstić information content (AvgIpc) is 3.13. The molecule has 0 saturated carbocycles. The number of nitrogens with zero attached hydrogens (tertiary/aromatic N) is 1. The van der Waals surface area contributed by atoms with Crippen LogP contribution in [0.4, 0.5) is 0 Å². The lowest BCUT2D eigenvalue weighted by Crippen LogP contribution is -2.52. The van der Waals surface area contributed by atoms with Crippen LogP contribution in [0, 0.1) is 0 Å². The summed E-state index contributed by atoms with van der Waals surface area (Å²) in [6.07, 6.45) is 2.11. The zero-order valence-electron chi connectivity index (χ0n) is 17.8. The number of hydrogen-bond acceptors (Lipinski definition) is 6. The molecule has 10 heteroatoms. The van der Waals surface area contributed by atoms with Gasteiger partial charge in [0.25, 0.3) is 5.91 Å². The number of carbonyl (C=O) groups excluding carboxylic acids is 3. The van der Waals surface area contributed by atoms with Gasteiger partial charge >= 0.3 is 0 Å². The van der Waals surface area contributed by atoms with E-state index in [4.69, 9.17) is 4.74 Å². The molecule has 0 aromatic heterocycles. The van der Waals surface area contributed by atoms with Crippen LogP contribution in [-0.4, -0.2) is 43.7 Å². The molecule has 0 radical (unpaired) electrons. The van der Waals surface area contributed by atoms with Crippen molar-refractivity contribution in [1.82, 2.24) is 14.9 Å². The molecule has 33 heavy (non-hydrogen) atoms. The Kier molecular flexibility index (Phi) is 5.41. The van der Waals surface area contributed by atoms with E-state index in [0.29, 0.717) is 24.2 Å². The Balaban J connectivity index is 1.29. The van der Waals surface area contributed by atoms with Gasteiger partial charge in [-0.25, -0.2) is 13.1 Å². The second kappa shape index (κ2) is 8.27. The van der Waals surface area contributed by atoms with Crippen molar-refractivity contribution in [3.8, 4) is 5.75 Å². The number of rotatable bonds is 5. The Bertz CT molecular complexity index is 1270. The standard InChI is InChI=1S/C23H23N3O6S/c27-21-8-6-19(22(28)25-21)26-13-16-4-3-14(10-18(16)23(26)29)12-24-33(30,31)17-5-7-20-15(11-17)2-1-9-32-20/h3-5,7,10-11,19,24H,1-2,6,8-9,12-13H2,(H,25,27,28). The molecule has 0 aliphatic carbocycles. The highest BCUT2D eigenvalue weighted by Gasteiger charge is 2.39. The number of carbonyl (C=O) groups is 3. The Morgan fingerprint density at radius 3 is 2.73 bits per heavy atom. The zero-order valence-corrected chi connectivity index (χ0v) is 18.6. The number of aryl methyl sites for hydroxylation is 1. The normalized spacial score (nSPS) is 20.2. The van der Waals surface area contributed by atoms with E-state index in [2.05, 4.69) is 10.0 Å². The lowest BCUT2D eigenvalue weighted by Gasteiger charge is -2.29. The van der Waals surface area contributed by atoms with E-state index < -0.39 is 22.0 Å². The monoisotopic (exact) mass is 469 g/mol. The van der Waals surface area contributed by atoms with Crippen molar-refractivity contribution in [3.63, 3.8) is 0 Å². The molecule has 1 unspecified atom stereocenters. The first-order chi connectivity index (χ1) is 15.8. The lowest BCUT2D eigenvalue weighted by molar-refractivity contribution is -0.136. The molecule has 3 aliphatic heterocycles. The van der Waals surface area contributed by atoms with Gasteiger partial charge in [-0.05, 0) is 60.2 Å². The van der Waals surface area contributed by atoms with Crippen LogP contribution in [0.2, 0.25) is 0 Å². The fraction of sp³-hybridized carbons (Fsp3) is 0.348. The molecule has 1 fully saturated rings. The number of imide groups is 1. The summed E-state index contributed by atoms with van der Waals surface area (Å²) in [6.45, 7) is 0.938. The fourth-order valence-electron chi connectivity index (χ4n) is 4.48. The molecule has 3 aliphatic rings. The van der Waals surface area contributed by atoms with Gasteiger partial charge in [0, 0.05) is 25.1 Å². The van der Waals surface area contributed by atoms with Gasteiger partial charge in [0.2, 0.25) is 21.8 Å². The van der Waals surface area contributed by atoms with Crippen LogP contribution in [0.15, 0.2) is 41.3 Å². The van der Waals surface area contributed by atoms with E-state index in [1.54, 1.807) is 30.3 Å². The van der Waals surface area contributed by atoms with Gasteiger partial charge in [-0.3, -0.25) is 19.7 Å². The van der Waals surface area contributed by atoms with E-state index >= 15 is 0 Å². The Hall–Kier alpha value is -3.24. The number of hydrogen-bond donors (Lipinski definition) is 2. The second-order valence-corrected chi connectivity index (χ2v) is 10.2. The number of amides is 3. The minimum Gasteiger partial charge on any atom is -0.493 e. The quantitative estimate of drug-likeness (QED) is 0.636. The molecular formula is C23H23N3O6S. The smallest absolute Gasteiger partial charge is 0.255 e. The van der Waals surface area contributed by atoms with Crippen molar-refractivity contribution in [2.45, 2.75) is 49.7 Å². The molecule has 1 saturated heterocycles. The molecule has 2 aromatic carbocycles. The van der Waals surface area contributed by atoms with E-state index in [1.807, 2.05) is 0 Å². The molecule has 3 heterocycles. The van der Waals surface area contributed by atoms with Gasteiger partial charge in [0.1, 0.15) is 11.8 Å². The van der Waals surface area contributed by atoms with Gasteiger partial charge < -0.3 is 9.64 Å². The van der Waals surface area contributed by atoms with Gasteiger partial charge in [0.05, 0.1) is 11.5 Å². The summed E-state index contributed by atoms with van der Waals surface area (Å²) >= 11 is 0. The predicted octanol–water partition coefficient (Wildman–Crippen LogP) is 1.25. The molecule has 9 nitrogen and oxygen atoms in total. The third-order valence-electron chi connectivity index (χ3n) is 6.25. The number of fused-ring (bicyclic) bond motifs is 2. The van der Waals surface area contributed by atoms with Gasteiger partial charge in [0.15, 0.2) is 0 Å². The van der Waals surface area contributed by atoms with Crippen molar-refractivity contribution >= 4 is 27.7 Å². The van der Waals surface area contributed by atoms with Crippen LogP contribution in [-0.2, 0) is 39.1 Å². The predicted molar refractivity (Wildman–Crippen MR) is 117 cm³/mol. The van der Waals surface area contributed by atoms with E-state index in [0.717, 1.165) is 29.7 Å². The SMILES string of the molecule is O=C1CCC(N2Cc3ccc(CNS(=O)(=O)c4ccc5c(c4)CCCO5)cc3C2=O)C(=O)N1. The molecule has 3 amide bonds. The third kappa shape index (κ3) is 4.11. The minimum atomic E-state index is -3.75. The second-order valence-electron chi connectivity index (χ2n) is 8.44. The number of benzene rings is 2. The fourth-order valence-corrected chi connectivity index (χ4v) is 5.55. The summed E-state index contributed by atoms with van der Waals surface area (Å²) in [5.74, 6) is -0.367. The summed E-state index contributed by atoms with van der Waals surface area (Å²) in [7, 11) is -3.75. The first kappa shape index (κ1) is 21.6. The van der Waals surface area contributed by atoms with Crippen LogP contribution in [0.1, 0.15) is 46.3 Å². The molecule has 0 bridgehead atoms. The third-order valence-corrected chi connectivity index (χ3v) is 7.65. The highest BCUT2D eigenvalue weighted by molar-refractivity contribution is 7.89. The molecule has 1 atom stereocenters. The maximum atomic E-state index is 12.9. The van der Waals surface area contributed by atoms with Crippen molar-refractivity contribution in [3.05, 3.63) is 58.7 Å². The van der Waals surface area contributed by atoms with Crippen LogP contribution in [0.3, 0.4) is 0 Å². The summed E-state index contributed by atoms with van der Waals surface area (Å²) in [5, 5.41) is 2.28. The van der Waals surface area contributed by atoms with Gasteiger partial charge in [-0.2, -0.15) is 0 Å². The van der Waals surface area contributed by atoms with Crippen molar-refractivity contribution < 1.29 is 27.5 Å². The lowest BCUT2D eigenvalue weighted by atomic mass is 10.0. The van der Waals surface area contributed by atoms with E-state index in [1.165, 1.54) is 11.0 Å². The van der Waals surface area contributed by atoms with Crippen LogP contribution < -0.4 is 14.8 Å². The molecule has 2 N–H and O–H groups in total. The Labute approximate surface area is 191 Å². The maximum Gasteiger partial charge on any atom is 0.255 e. The van der Waals surface area contributed by atoms with Crippen LogP contribution >= 0.6 is 0 Å². The Morgan fingerprint density at radius 2 is 1.91 bits per heavy atom. The number of piperidine rings is 1. The van der Waals surface area contributed by atoms with Crippen LogP contribution in [0.25, 0.3) is 0 Å². The summed E-state index contributed by atoms with van der Waals surface area (Å²) in [4.78, 5) is 38.2. The average molecular weight is 470 g/mol. The van der Waals surface area contributed by atoms with Crippen molar-refractivity contribution in [1.29, 1.82) is 0 Å². The Morgan fingerprint density at radius 1 is 1.06 bits per heavy atom. The van der Waals surface area contributed by atoms with Crippen molar-refractivity contribution in [2.24, 2.45) is 0 Å². The molecule has 5 rings (SSSR count). The maximum absolute atomic E-state index is 12.9. The topological polar surface area (TPSA) is 122 Å². The molecular weight excluding hydrogens is 446 g/mol. The number of nitrogens with one attached hydrogen (secondary N) is 2. The first-order valence-electron chi connectivity index (χ1n) is 10.8. The first-order valence-corrected chi connectivity index (χ1v) is 12.3. The van der Waals surface area contributed by atoms with Crippen molar-refractivity contribution in [2.75, 3.05) is 6.61 Å². The molecule has 2 aromatic rings. The largest absolute Gasteiger partial charge is 0.493 e. The van der Waals surface area contributed by atoms with E-state index in [9.17, 15) is 22.8 Å². The highest BCUT2D eigenvalue weighted by Crippen LogP contribution is 2.29. The summed E-state index contributed by atoms with van der Waals surface area (Å²) < 4.78 is 33.8. The van der Waals surface area contributed by atoms with Crippen LogP contribution in [0.5, 0.6) is 5.75 Å².